The lowest BCUT2D eigenvalue weighted by Gasteiger charge is -2.26. The number of aliphatic imine (C=N–C) groups is 1. The molecule has 17 heavy (non-hydrogen) atoms. The Morgan fingerprint density at radius 2 is 2.00 bits per heavy atom. The summed E-state index contributed by atoms with van der Waals surface area (Å²) in [4.78, 5) is 17.8. The molecule has 0 radical (unpaired) electrons. The lowest BCUT2D eigenvalue weighted by atomic mass is 10.1. The first-order valence-corrected chi connectivity index (χ1v) is 6.71. The number of rotatable bonds is 5. The third-order valence-electron chi connectivity index (χ3n) is 2.96. The first kappa shape index (κ1) is 14.0. The van der Waals surface area contributed by atoms with Crippen molar-refractivity contribution in [2.24, 2.45) is 4.99 Å². The molecule has 1 heterocycles. The normalized spacial score (nSPS) is 15.9. The number of piperidine rings is 1. The highest BCUT2D eigenvalue weighted by Crippen LogP contribution is 2.09. The van der Waals surface area contributed by atoms with Crippen molar-refractivity contribution < 1.29 is 9.53 Å². The van der Waals surface area contributed by atoms with Crippen molar-refractivity contribution in [3.8, 4) is 0 Å². The van der Waals surface area contributed by atoms with Crippen LogP contribution in [0.5, 0.6) is 0 Å². The number of likely N-dealkylation sites (tertiary alicyclic amines) is 1. The zero-order valence-corrected chi connectivity index (χ0v) is 11.1. The van der Waals surface area contributed by atoms with Crippen molar-refractivity contribution in [3.05, 3.63) is 0 Å². The summed E-state index contributed by atoms with van der Waals surface area (Å²) in [7, 11) is 0. The predicted octanol–water partition coefficient (Wildman–Crippen LogP) is 2.87. The van der Waals surface area contributed by atoms with Crippen molar-refractivity contribution in [2.75, 3.05) is 26.2 Å². The van der Waals surface area contributed by atoms with Gasteiger partial charge < -0.3 is 9.64 Å². The highest BCUT2D eigenvalue weighted by molar-refractivity contribution is 5.86. The molecule has 0 spiro atoms. The van der Waals surface area contributed by atoms with Crippen molar-refractivity contribution >= 4 is 11.8 Å². The largest absolute Gasteiger partial charge is 0.450 e. The number of hydrogen-bond donors (Lipinski definition) is 0. The lowest BCUT2D eigenvalue weighted by molar-refractivity contribution is 0.107. The molecular weight excluding hydrogens is 216 g/mol. The van der Waals surface area contributed by atoms with Gasteiger partial charge >= 0.3 is 6.09 Å². The molecule has 0 saturated carbocycles. The standard InChI is InChI=1S/C13H24N2O2/c1-3-5-6-9-14-12-7-10-15(11-8-12)13(16)17-4-2/h3-11H2,1-2H3. The first-order chi connectivity index (χ1) is 8.27. The minimum atomic E-state index is -0.183. The van der Waals surface area contributed by atoms with E-state index in [4.69, 9.17) is 4.74 Å². The van der Waals surface area contributed by atoms with Gasteiger partial charge in [-0.15, -0.1) is 0 Å². The van der Waals surface area contributed by atoms with Crippen LogP contribution in [0.25, 0.3) is 0 Å². The molecule has 1 rings (SSSR count). The second-order valence-corrected chi connectivity index (χ2v) is 4.34. The summed E-state index contributed by atoms with van der Waals surface area (Å²) in [6, 6.07) is 0. The highest BCUT2D eigenvalue weighted by Gasteiger charge is 2.20. The van der Waals surface area contributed by atoms with Crippen LogP contribution in [0.1, 0.15) is 46.0 Å². The monoisotopic (exact) mass is 240 g/mol. The van der Waals surface area contributed by atoms with Gasteiger partial charge in [-0.25, -0.2) is 4.79 Å². The fraction of sp³-hybridized carbons (Fsp3) is 0.846. The third kappa shape index (κ3) is 5.20. The van der Waals surface area contributed by atoms with Crippen molar-refractivity contribution in [1.82, 2.24) is 4.90 Å². The Labute approximate surface area is 104 Å². The Morgan fingerprint density at radius 3 is 2.59 bits per heavy atom. The summed E-state index contributed by atoms with van der Waals surface area (Å²) in [6.45, 7) is 6.94. The van der Waals surface area contributed by atoms with E-state index in [2.05, 4.69) is 11.9 Å². The molecule has 1 aliphatic rings. The SMILES string of the molecule is CCCCCN=C1CCN(C(=O)OCC)CC1. The number of unbranched alkanes of at least 4 members (excludes halogenated alkanes) is 2. The third-order valence-corrected chi connectivity index (χ3v) is 2.96. The van der Waals surface area contributed by atoms with Gasteiger partial charge in [-0.1, -0.05) is 19.8 Å². The second-order valence-electron chi connectivity index (χ2n) is 4.34. The fourth-order valence-corrected chi connectivity index (χ4v) is 1.92. The van der Waals surface area contributed by atoms with E-state index in [1.807, 2.05) is 6.92 Å². The van der Waals surface area contributed by atoms with Gasteiger partial charge in [-0.05, 0) is 13.3 Å². The molecule has 0 aromatic carbocycles. The second kappa shape index (κ2) is 8.09. The molecule has 98 valence electrons. The average Bonchev–Trinajstić information content (AvgIpc) is 2.36. The summed E-state index contributed by atoms with van der Waals surface area (Å²) in [5.41, 5.74) is 1.27. The highest BCUT2D eigenvalue weighted by atomic mass is 16.6. The van der Waals surface area contributed by atoms with Crippen molar-refractivity contribution in [2.45, 2.75) is 46.0 Å². The van der Waals surface area contributed by atoms with Gasteiger partial charge in [0.25, 0.3) is 0 Å². The molecule has 0 atom stereocenters. The maximum absolute atomic E-state index is 11.5. The molecule has 1 saturated heterocycles. The summed E-state index contributed by atoms with van der Waals surface area (Å²) in [5.74, 6) is 0. The first-order valence-electron chi connectivity index (χ1n) is 6.71. The topological polar surface area (TPSA) is 41.9 Å². The Morgan fingerprint density at radius 1 is 1.29 bits per heavy atom. The van der Waals surface area contributed by atoms with E-state index in [9.17, 15) is 4.79 Å². The molecule has 0 aromatic rings. The van der Waals surface area contributed by atoms with Crippen LogP contribution in [-0.2, 0) is 4.74 Å². The zero-order chi connectivity index (χ0) is 12.5. The van der Waals surface area contributed by atoms with Gasteiger partial charge in [0.05, 0.1) is 6.61 Å². The van der Waals surface area contributed by atoms with Crippen LogP contribution in [0.4, 0.5) is 4.79 Å². The average molecular weight is 240 g/mol. The van der Waals surface area contributed by atoms with Gasteiger partial charge in [0.15, 0.2) is 0 Å². The molecule has 0 bridgehead atoms. The van der Waals surface area contributed by atoms with Crippen LogP contribution >= 0.6 is 0 Å². The van der Waals surface area contributed by atoms with Crippen molar-refractivity contribution in [3.63, 3.8) is 0 Å². The predicted molar refractivity (Wildman–Crippen MR) is 69.7 cm³/mol. The van der Waals surface area contributed by atoms with Crippen molar-refractivity contribution in [1.29, 1.82) is 0 Å². The molecular formula is C13H24N2O2. The summed E-state index contributed by atoms with van der Waals surface area (Å²) in [5, 5.41) is 0. The quantitative estimate of drug-likeness (QED) is 0.693. The molecule has 1 fully saturated rings. The number of amides is 1. The van der Waals surface area contributed by atoms with Crippen LogP contribution in [0, 0.1) is 0 Å². The van der Waals surface area contributed by atoms with E-state index in [1.165, 1.54) is 25.0 Å². The van der Waals surface area contributed by atoms with E-state index < -0.39 is 0 Å². The van der Waals surface area contributed by atoms with E-state index in [-0.39, 0.29) is 6.09 Å². The van der Waals surface area contributed by atoms with Crippen LogP contribution in [0.2, 0.25) is 0 Å². The molecule has 0 aromatic heterocycles. The van der Waals surface area contributed by atoms with Gasteiger partial charge in [0, 0.05) is 38.2 Å². The molecule has 1 aliphatic heterocycles. The number of nitrogens with zero attached hydrogens (tertiary/aromatic N) is 2. The number of hydrogen-bond acceptors (Lipinski definition) is 3. The van der Waals surface area contributed by atoms with E-state index >= 15 is 0 Å². The lowest BCUT2D eigenvalue weighted by Crippen LogP contribution is -2.39. The maximum atomic E-state index is 11.5. The Hall–Kier alpha value is -1.06. The van der Waals surface area contributed by atoms with E-state index in [0.717, 1.165) is 32.5 Å². The number of carbonyl (C=O) groups excluding carboxylic acids is 1. The van der Waals surface area contributed by atoms with Crippen LogP contribution in [0.15, 0.2) is 4.99 Å². The Bertz CT molecular complexity index is 254. The molecule has 0 unspecified atom stereocenters. The summed E-state index contributed by atoms with van der Waals surface area (Å²) >= 11 is 0. The Balaban J connectivity index is 2.23. The maximum Gasteiger partial charge on any atom is 0.409 e. The summed E-state index contributed by atoms with van der Waals surface area (Å²) < 4.78 is 4.98. The summed E-state index contributed by atoms with van der Waals surface area (Å²) in [6.07, 6.45) is 5.31. The number of ether oxygens (including phenoxy) is 1. The van der Waals surface area contributed by atoms with Crippen LogP contribution < -0.4 is 0 Å². The molecule has 4 heteroatoms. The Kier molecular flexibility index (Phi) is 6.67. The van der Waals surface area contributed by atoms with Crippen LogP contribution in [-0.4, -0.2) is 42.9 Å². The van der Waals surface area contributed by atoms with Gasteiger partial charge in [0.2, 0.25) is 0 Å². The van der Waals surface area contributed by atoms with Crippen LogP contribution in [0.3, 0.4) is 0 Å². The van der Waals surface area contributed by atoms with Gasteiger partial charge in [-0.3, -0.25) is 4.99 Å². The zero-order valence-electron chi connectivity index (χ0n) is 11.1. The molecule has 1 amide bonds. The molecule has 4 nitrogen and oxygen atoms in total. The van der Waals surface area contributed by atoms with E-state index in [0.29, 0.717) is 6.61 Å². The smallest absolute Gasteiger partial charge is 0.409 e. The minimum Gasteiger partial charge on any atom is -0.450 e. The molecule has 0 N–H and O–H groups in total. The fourth-order valence-electron chi connectivity index (χ4n) is 1.92. The van der Waals surface area contributed by atoms with E-state index in [1.54, 1.807) is 4.90 Å². The number of carbonyl (C=O) groups is 1. The minimum absolute atomic E-state index is 0.183. The van der Waals surface area contributed by atoms with Gasteiger partial charge in [0.1, 0.15) is 0 Å². The van der Waals surface area contributed by atoms with Gasteiger partial charge in [-0.2, -0.15) is 0 Å². The molecule has 0 aliphatic carbocycles.